The van der Waals surface area contributed by atoms with Gasteiger partial charge in [-0.2, -0.15) is 0 Å². The molecule has 0 unspecified atom stereocenters. The van der Waals surface area contributed by atoms with Gasteiger partial charge in [-0.25, -0.2) is 17.9 Å². The lowest BCUT2D eigenvalue weighted by Crippen LogP contribution is -2.29. The first-order chi connectivity index (χ1) is 12.9. The zero-order chi connectivity index (χ0) is 19.7. The summed E-state index contributed by atoms with van der Waals surface area (Å²) in [5.41, 5.74) is 0.871. The maximum atomic E-state index is 12.4. The molecule has 0 aliphatic heterocycles. The van der Waals surface area contributed by atoms with E-state index in [9.17, 15) is 18.0 Å². The van der Waals surface area contributed by atoms with Crippen LogP contribution >= 0.6 is 0 Å². The molecule has 0 fully saturated rings. The number of amides is 1. The molecule has 0 heterocycles. The van der Waals surface area contributed by atoms with Crippen molar-refractivity contribution in [2.24, 2.45) is 0 Å². The van der Waals surface area contributed by atoms with E-state index in [1.165, 1.54) is 24.3 Å². The highest BCUT2D eigenvalue weighted by atomic mass is 32.2. The first-order valence-electron chi connectivity index (χ1n) is 8.50. The molecule has 0 spiro atoms. The predicted molar refractivity (Wildman–Crippen MR) is 100 cm³/mol. The summed E-state index contributed by atoms with van der Waals surface area (Å²) in [4.78, 5) is 23.5. The molecule has 0 radical (unpaired) electrons. The second-order valence-corrected chi connectivity index (χ2v) is 7.53. The van der Waals surface area contributed by atoms with Gasteiger partial charge < -0.3 is 10.1 Å². The lowest BCUT2D eigenvalue weighted by atomic mass is 10.2. The van der Waals surface area contributed by atoms with Crippen LogP contribution in [0.4, 0.5) is 0 Å². The van der Waals surface area contributed by atoms with E-state index in [0.717, 1.165) is 12.0 Å². The summed E-state index contributed by atoms with van der Waals surface area (Å²) in [6.07, 6.45) is 0.773. The minimum absolute atomic E-state index is 0.0525. The molecule has 0 aliphatic carbocycles. The van der Waals surface area contributed by atoms with E-state index in [4.69, 9.17) is 4.74 Å². The van der Waals surface area contributed by atoms with Crippen LogP contribution in [-0.4, -0.2) is 33.4 Å². The summed E-state index contributed by atoms with van der Waals surface area (Å²) in [7, 11) is -3.79. The van der Waals surface area contributed by atoms with Gasteiger partial charge in [0.1, 0.15) is 0 Å². The summed E-state index contributed by atoms with van der Waals surface area (Å²) < 4.78 is 32.3. The van der Waals surface area contributed by atoms with Gasteiger partial charge in [-0.05, 0) is 30.2 Å². The Morgan fingerprint density at radius 3 is 2.48 bits per heavy atom. The van der Waals surface area contributed by atoms with E-state index in [0.29, 0.717) is 6.54 Å². The molecular weight excluding hydrogens is 368 g/mol. The van der Waals surface area contributed by atoms with E-state index in [1.807, 2.05) is 25.1 Å². The molecule has 27 heavy (non-hydrogen) atoms. The number of ether oxygens (including phenoxy) is 1. The molecule has 2 N–H and O–H groups in total. The van der Waals surface area contributed by atoms with Crippen LogP contribution in [0.5, 0.6) is 0 Å². The fourth-order valence-electron chi connectivity index (χ4n) is 2.18. The molecule has 0 aromatic heterocycles. The van der Waals surface area contributed by atoms with Crippen molar-refractivity contribution in [3.05, 3.63) is 65.7 Å². The second-order valence-electron chi connectivity index (χ2n) is 5.76. The van der Waals surface area contributed by atoms with Crippen LogP contribution in [0.2, 0.25) is 0 Å². The number of hydrogen-bond donors (Lipinski definition) is 2. The smallest absolute Gasteiger partial charge is 0.338 e. The Labute approximate surface area is 158 Å². The van der Waals surface area contributed by atoms with Crippen molar-refractivity contribution in [1.29, 1.82) is 0 Å². The van der Waals surface area contributed by atoms with Crippen LogP contribution in [0.1, 0.15) is 29.3 Å². The van der Waals surface area contributed by atoms with Crippen LogP contribution < -0.4 is 10.0 Å². The molecule has 0 saturated heterocycles. The number of hydrogen-bond acceptors (Lipinski definition) is 5. The van der Waals surface area contributed by atoms with Gasteiger partial charge in [-0.1, -0.05) is 43.3 Å². The minimum atomic E-state index is -3.79. The third kappa shape index (κ3) is 6.50. The molecule has 8 heteroatoms. The van der Waals surface area contributed by atoms with E-state index in [2.05, 4.69) is 10.0 Å². The zero-order valence-corrected chi connectivity index (χ0v) is 15.8. The Bertz CT molecular complexity index is 882. The molecule has 2 aromatic rings. The van der Waals surface area contributed by atoms with Gasteiger partial charge >= 0.3 is 5.97 Å². The summed E-state index contributed by atoms with van der Waals surface area (Å²) in [6, 6.07) is 14.6. The number of benzene rings is 2. The van der Waals surface area contributed by atoms with Crippen molar-refractivity contribution in [3.63, 3.8) is 0 Å². The van der Waals surface area contributed by atoms with Crippen molar-refractivity contribution in [2.45, 2.75) is 24.8 Å². The maximum absolute atomic E-state index is 12.4. The zero-order valence-electron chi connectivity index (χ0n) is 15.0. The molecule has 7 nitrogen and oxygen atoms in total. The molecule has 2 aromatic carbocycles. The highest BCUT2D eigenvalue weighted by molar-refractivity contribution is 7.89. The first-order valence-corrected chi connectivity index (χ1v) is 9.98. The monoisotopic (exact) mass is 390 g/mol. The van der Waals surface area contributed by atoms with Gasteiger partial charge in [0, 0.05) is 13.1 Å². The standard InChI is InChI=1S/C19H22N2O5S/c1-2-11-20-18(22)14-26-19(23)16-9-6-10-17(12-16)27(24,25)21-13-15-7-4-3-5-8-15/h3-10,12,21H,2,11,13-14H2,1H3,(H,20,22). The van der Waals surface area contributed by atoms with E-state index >= 15 is 0 Å². The van der Waals surface area contributed by atoms with Crippen molar-refractivity contribution in [3.8, 4) is 0 Å². The van der Waals surface area contributed by atoms with Gasteiger partial charge in [0.15, 0.2) is 6.61 Å². The Balaban J connectivity index is 2.00. The number of sulfonamides is 1. The fourth-order valence-corrected chi connectivity index (χ4v) is 3.24. The Morgan fingerprint density at radius 1 is 1.04 bits per heavy atom. The molecule has 0 aliphatic rings. The molecule has 1 amide bonds. The average molecular weight is 390 g/mol. The molecule has 2 rings (SSSR count). The summed E-state index contributed by atoms with van der Waals surface area (Å²) in [5.74, 6) is -1.17. The van der Waals surface area contributed by atoms with E-state index in [1.54, 1.807) is 12.1 Å². The topological polar surface area (TPSA) is 102 Å². The number of rotatable bonds is 9. The molecule has 0 atom stereocenters. The average Bonchev–Trinajstić information content (AvgIpc) is 2.70. The van der Waals surface area contributed by atoms with Crippen molar-refractivity contribution in [2.75, 3.05) is 13.2 Å². The third-order valence-electron chi connectivity index (χ3n) is 3.60. The Morgan fingerprint density at radius 2 is 1.78 bits per heavy atom. The first kappa shape index (κ1) is 20.6. The molecular formula is C19H22N2O5S. The molecule has 0 bridgehead atoms. The van der Waals surface area contributed by atoms with Gasteiger partial charge in [0.2, 0.25) is 10.0 Å². The number of esters is 1. The lowest BCUT2D eigenvalue weighted by molar-refractivity contribution is -0.124. The highest BCUT2D eigenvalue weighted by Crippen LogP contribution is 2.13. The maximum Gasteiger partial charge on any atom is 0.338 e. The fraction of sp³-hybridized carbons (Fsp3) is 0.263. The molecule has 0 saturated carbocycles. The summed E-state index contributed by atoms with van der Waals surface area (Å²) in [6.45, 7) is 2.12. The van der Waals surface area contributed by atoms with Crippen LogP contribution in [0.25, 0.3) is 0 Å². The highest BCUT2D eigenvalue weighted by Gasteiger charge is 2.17. The normalized spacial score (nSPS) is 11.0. The van der Waals surface area contributed by atoms with Crippen molar-refractivity contribution >= 4 is 21.9 Å². The quantitative estimate of drug-likeness (QED) is 0.636. The number of carbonyl (C=O) groups is 2. The van der Waals surface area contributed by atoms with Gasteiger partial charge in [0.25, 0.3) is 5.91 Å². The SMILES string of the molecule is CCCNC(=O)COC(=O)c1cccc(S(=O)(=O)NCc2ccccc2)c1. The Kier molecular flexibility index (Phi) is 7.51. The van der Waals surface area contributed by atoms with Crippen molar-refractivity contribution < 1.29 is 22.7 Å². The predicted octanol–water partition coefficient (Wildman–Crippen LogP) is 1.85. The van der Waals surface area contributed by atoms with Crippen molar-refractivity contribution in [1.82, 2.24) is 10.0 Å². The largest absolute Gasteiger partial charge is 0.452 e. The van der Waals surface area contributed by atoms with Crippen LogP contribution in [0.15, 0.2) is 59.5 Å². The molecule has 144 valence electrons. The summed E-state index contributed by atoms with van der Waals surface area (Å²) >= 11 is 0. The Hall–Kier alpha value is -2.71. The minimum Gasteiger partial charge on any atom is -0.452 e. The van der Waals surface area contributed by atoms with Crippen LogP contribution in [-0.2, 0) is 26.1 Å². The van der Waals surface area contributed by atoms with Gasteiger partial charge in [-0.15, -0.1) is 0 Å². The number of nitrogens with one attached hydrogen (secondary N) is 2. The van der Waals surface area contributed by atoms with Crippen LogP contribution in [0.3, 0.4) is 0 Å². The lowest BCUT2D eigenvalue weighted by Gasteiger charge is -2.09. The van der Waals surface area contributed by atoms with E-state index in [-0.39, 0.29) is 17.0 Å². The summed E-state index contributed by atoms with van der Waals surface area (Å²) in [5, 5.41) is 2.59. The third-order valence-corrected chi connectivity index (χ3v) is 4.99. The second kappa shape index (κ2) is 9.84. The number of carbonyl (C=O) groups excluding carboxylic acids is 2. The van der Waals surface area contributed by atoms with Gasteiger partial charge in [-0.3, -0.25) is 4.79 Å². The van der Waals surface area contributed by atoms with Gasteiger partial charge in [0.05, 0.1) is 10.5 Å². The van der Waals surface area contributed by atoms with E-state index < -0.39 is 28.5 Å². The van der Waals surface area contributed by atoms with Crippen LogP contribution in [0, 0.1) is 0 Å².